The third-order valence-corrected chi connectivity index (χ3v) is 6.47. The molecule has 0 radical (unpaired) electrons. The van der Waals surface area contributed by atoms with Crippen molar-refractivity contribution in [3.63, 3.8) is 0 Å². The van der Waals surface area contributed by atoms with Crippen LogP contribution in [0.1, 0.15) is 77.6 Å². The minimum atomic E-state index is -0.124. The van der Waals surface area contributed by atoms with E-state index in [1.165, 1.54) is 69.9 Å². The van der Waals surface area contributed by atoms with Crippen LogP contribution in [0.15, 0.2) is 24.3 Å². The Morgan fingerprint density at radius 3 is 1.84 bits per heavy atom. The topological polar surface area (TPSA) is 38.3 Å². The number of rotatable bonds is 15. The van der Waals surface area contributed by atoms with E-state index in [2.05, 4.69) is 31.2 Å². The molecule has 3 N–H and O–H groups in total. The van der Waals surface area contributed by atoms with Gasteiger partial charge in [0.2, 0.25) is 0 Å². The summed E-state index contributed by atoms with van der Waals surface area (Å²) in [6.07, 6.45) is 14.4. The highest BCUT2D eigenvalue weighted by Gasteiger charge is 2.26. The smallest absolute Gasteiger partial charge is 0.132 e. The fraction of sp³-hybridized carbons (Fsp3) is 0.760. The van der Waals surface area contributed by atoms with E-state index in [4.69, 9.17) is 4.74 Å². The summed E-state index contributed by atoms with van der Waals surface area (Å²) in [4.78, 5) is 3.13. The maximum absolute atomic E-state index is 10.4. The number of hydrogen-bond donors (Lipinski definition) is 3. The van der Waals surface area contributed by atoms with Crippen LogP contribution in [0.3, 0.4) is 0 Å². The fourth-order valence-electron chi connectivity index (χ4n) is 4.53. The Morgan fingerprint density at radius 1 is 0.806 bits per heavy atom. The fourth-order valence-corrected chi connectivity index (χ4v) is 4.53. The lowest BCUT2D eigenvalue weighted by molar-refractivity contribution is -0.988. The summed E-state index contributed by atoms with van der Waals surface area (Å²) in [5, 5.41) is 10.4. The number of hydrogen-bond acceptors (Lipinski definition) is 2. The zero-order chi connectivity index (χ0) is 20.7. The molecule has 0 saturated carbocycles. The molecule has 6 heteroatoms. The predicted octanol–water partition coefficient (Wildman–Crippen LogP) is -3.21. The molecule has 1 aromatic carbocycles. The van der Waals surface area contributed by atoms with Crippen molar-refractivity contribution in [1.29, 1.82) is 0 Å². The van der Waals surface area contributed by atoms with Crippen LogP contribution >= 0.6 is 0 Å². The molecule has 1 heterocycles. The Labute approximate surface area is 203 Å². The average Bonchev–Trinajstić information content (AvgIpc) is 2.75. The van der Waals surface area contributed by atoms with Crippen molar-refractivity contribution >= 4 is 5.69 Å². The quantitative estimate of drug-likeness (QED) is 0.233. The van der Waals surface area contributed by atoms with Crippen LogP contribution in [-0.2, 0) is 0 Å². The van der Waals surface area contributed by atoms with Gasteiger partial charge in [0.1, 0.15) is 50.3 Å². The standard InChI is InChI=1S/C25H44N2O2.2ClH/c1-3-4-5-6-7-8-9-10-11-12-13-24(28)22-26-18-20-27(21-19-26)23-14-16-25(29-2)17-15-23;;/h14-17,24,28H,3-13,18-22H2,1-2H3;2*1H. The highest BCUT2D eigenvalue weighted by Crippen LogP contribution is 2.13. The second-order valence-electron chi connectivity index (χ2n) is 8.91. The van der Waals surface area contributed by atoms with Crippen LogP contribution in [0.2, 0.25) is 0 Å². The molecule has 0 bridgehead atoms. The van der Waals surface area contributed by atoms with Crippen LogP contribution in [-0.4, -0.2) is 51.0 Å². The van der Waals surface area contributed by atoms with Crippen LogP contribution in [0.5, 0.6) is 5.75 Å². The SMILES string of the molecule is CCCCCCCCCCCCC(O)C[NH+]1CC[NH+](c2ccc(OC)cc2)CC1.[Cl-].[Cl-]. The van der Waals surface area contributed by atoms with Gasteiger partial charge in [-0.25, -0.2) is 0 Å². The third kappa shape index (κ3) is 12.9. The lowest BCUT2D eigenvalue weighted by Gasteiger charge is -2.30. The number of methoxy groups -OCH3 is 1. The van der Waals surface area contributed by atoms with E-state index in [0.717, 1.165) is 44.9 Å². The maximum atomic E-state index is 10.4. The van der Waals surface area contributed by atoms with Crippen molar-refractivity contribution in [2.24, 2.45) is 0 Å². The lowest BCUT2D eigenvalue weighted by atomic mass is 10.0. The van der Waals surface area contributed by atoms with E-state index in [9.17, 15) is 5.11 Å². The Bertz CT molecular complexity index is 523. The minimum Gasteiger partial charge on any atom is -1.00 e. The molecule has 1 unspecified atom stereocenters. The normalized spacial score (nSPS) is 19.2. The van der Waals surface area contributed by atoms with Gasteiger partial charge in [0, 0.05) is 12.1 Å². The molecule has 1 saturated heterocycles. The molecule has 31 heavy (non-hydrogen) atoms. The molecule has 0 aliphatic carbocycles. The number of quaternary nitrogens is 2. The first-order valence-corrected chi connectivity index (χ1v) is 12.2. The molecular formula is C25H46Cl2N2O2. The van der Waals surface area contributed by atoms with Gasteiger partial charge in [0.25, 0.3) is 0 Å². The molecule has 0 aromatic heterocycles. The Kier molecular flexibility index (Phi) is 18.7. The second-order valence-corrected chi connectivity index (χ2v) is 8.91. The molecule has 1 fully saturated rings. The number of unbranched alkanes of at least 4 members (excludes halogenated alkanes) is 9. The van der Waals surface area contributed by atoms with Crippen molar-refractivity contribution in [3.8, 4) is 5.75 Å². The first-order chi connectivity index (χ1) is 14.2. The minimum absolute atomic E-state index is 0. The number of ether oxygens (including phenoxy) is 1. The van der Waals surface area contributed by atoms with Crippen LogP contribution in [0.4, 0.5) is 5.69 Å². The number of aliphatic hydroxyl groups excluding tert-OH is 1. The molecule has 2 rings (SSSR count). The van der Waals surface area contributed by atoms with Gasteiger partial charge in [-0.15, -0.1) is 0 Å². The third-order valence-electron chi connectivity index (χ3n) is 6.47. The molecule has 1 aliphatic heterocycles. The second kappa shape index (κ2) is 19.0. The van der Waals surface area contributed by atoms with Gasteiger partial charge in [-0.2, -0.15) is 0 Å². The van der Waals surface area contributed by atoms with Crippen molar-refractivity contribution in [2.75, 3.05) is 39.8 Å². The zero-order valence-corrected chi connectivity index (χ0v) is 21.3. The van der Waals surface area contributed by atoms with E-state index in [1.54, 1.807) is 16.9 Å². The molecule has 0 spiro atoms. The number of benzene rings is 1. The van der Waals surface area contributed by atoms with Crippen molar-refractivity contribution in [1.82, 2.24) is 0 Å². The summed E-state index contributed by atoms with van der Waals surface area (Å²) in [7, 11) is 1.71. The summed E-state index contributed by atoms with van der Waals surface area (Å²) in [5.74, 6) is 0.924. The molecule has 1 aromatic rings. The van der Waals surface area contributed by atoms with Gasteiger partial charge in [-0.05, 0) is 18.6 Å². The highest BCUT2D eigenvalue weighted by molar-refractivity contribution is 5.35. The Hall–Kier alpha value is -0.520. The number of nitrogens with one attached hydrogen (secondary N) is 2. The van der Waals surface area contributed by atoms with Crippen molar-refractivity contribution in [3.05, 3.63) is 24.3 Å². The summed E-state index contributed by atoms with van der Waals surface area (Å²) in [5.41, 5.74) is 1.36. The van der Waals surface area contributed by atoms with E-state index in [0.29, 0.717) is 0 Å². The maximum Gasteiger partial charge on any atom is 0.132 e. The first-order valence-electron chi connectivity index (χ1n) is 12.2. The molecule has 4 nitrogen and oxygen atoms in total. The highest BCUT2D eigenvalue weighted by atomic mass is 35.5. The monoisotopic (exact) mass is 476 g/mol. The first kappa shape index (κ1) is 30.5. The molecule has 1 atom stereocenters. The van der Waals surface area contributed by atoms with Crippen molar-refractivity contribution in [2.45, 2.75) is 83.7 Å². The number of halogens is 2. The van der Waals surface area contributed by atoms with Crippen LogP contribution in [0.25, 0.3) is 0 Å². The summed E-state index contributed by atoms with van der Waals surface area (Å²) in [6, 6.07) is 8.47. The number of aliphatic hydroxyl groups is 1. The van der Waals surface area contributed by atoms with E-state index < -0.39 is 0 Å². The average molecular weight is 478 g/mol. The van der Waals surface area contributed by atoms with Crippen molar-refractivity contribution < 1.29 is 44.5 Å². The predicted molar refractivity (Wildman–Crippen MR) is 121 cm³/mol. The molecular weight excluding hydrogens is 431 g/mol. The van der Waals surface area contributed by atoms with Gasteiger partial charge in [-0.1, -0.05) is 71.1 Å². The van der Waals surface area contributed by atoms with Gasteiger partial charge < -0.3 is 39.6 Å². The number of piperazine rings is 1. The summed E-state index contributed by atoms with van der Waals surface area (Å²) >= 11 is 0. The Morgan fingerprint density at radius 2 is 1.32 bits per heavy atom. The molecule has 1 aliphatic rings. The van der Waals surface area contributed by atoms with E-state index >= 15 is 0 Å². The largest absolute Gasteiger partial charge is 1.00 e. The molecule has 0 amide bonds. The summed E-state index contributed by atoms with van der Waals surface area (Å²) < 4.78 is 5.25. The molecule has 182 valence electrons. The Balaban J connectivity index is 0.00000450. The summed E-state index contributed by atoms with van der Waals surface area (Å²) in [6.45, 7) is 7.79. The van der Waals surface area contributed by atoms with E-state index in [1.807, 2.05) is 0 Å². The van der Waals surface area contributed by atoms with Gasteiger partial charge in [-0.3, -0.25) is 4.90 Å². The lowest BCUT2D eigenvalue weighted by Crippen LogP contribution is -3.26. The van der Waals surface area contributed by atoms with Gasteiger partial charge in [0.05, 0.1) is 7.11 Å². The van der Waals surface area contributed by atoms with Crippen LogP contribution < -0.4 is 39.4 Å². The van der Waals surface area contributed by atoms with Crippen LogP contribution in [0, 0.1) is 0 Å². The van der Waals surface area contributed by atoms with E-state index in [-0.39, 0.29) is 30.9 Å². The van der Waals surface area contributed by atoms with Gasteiger partial charge >= 0.3 is 0 Å². The van der Waals surface area contributed by atoms with Gasteiger partial charge in [0.15, 0.2) is 0 Å². The zero-order valence-electron chi connectivity index (χ0n) is 19.8.